The van der Waals surface area contributed by atoms with E-state index in [1.807, 2.05) is 28.8 Å². The second-order valence-electron chi connectivity index (χ2n) is 5.99. The molecule has 0 spiro atoms. The number of hydrogen-bond donors (Lipinski definition) is 1. The van der Waals surface area contributed by atoms with Crippen molar-refractivity contribution in [3.8, 4) is 10.7 Å². The van der Waals surface area contributed by atoms with E-state index < -0.39 is 5.97 Å². The Morgan fingerprint density at radius 1 is 1.14 bits per heavy atom. The van der Waals surface area contributed by atoms with Gasteiger partial charge >= 0.3 is 5.97 Å². The first-order chi connectivity index (χ1) is 13.7. The molecule has 7 nitrogen and oxygen atoms in total. The molecule has 4 aromatic rings. The topological polar surface area (TPSA) is 86.1 Å². The van der Waals surface area contributed by atoms with E-state index in [4.69, 9.17) is 0 Å². The Bertz CT molecular complexity index is 1130. The third kappa shape index (κ3) is 3.49. The summed E-state index contributed by atoms with van der Waals surface area (Å²) in [6.07, 6.45) is 1.74. The lowest BCUT2D eigenvalue weighted by molar-refractivity contribution is -0.116. The molecule has 2 aromatic carbocycles. The number of anilines is 1. The van der Waals surface area contributed by atoms with Crippen molar-refractivity contribution in [3.05, 3.63) is 65.8 Å². The van der Waals surface area contributed by atoms with Crippen molar-refractivity contribution in [2.45, 2.75) is 6.54 Å². The maximum atomic E-state index is 12.7. The van der Waals surface area contributed by atoms with E-state index in [0.29, 0.717) is 17.1 Å². The van der Waals surface area contributed by atoms with Crippen LogP contribution < -0.4 is 5.32 Å². The van der Waals surface area contributed by atoms with Gasteiger partial charge in [0.15, 0.2) is 5.82 Å². The molecule has 2 aromatic heterocycles. The summed E-state index contributed by atoms with van der Waals surface area (Å²) in [5, 5.41) is 2.85. The zero-order valence-corrected chi connectivity index (χ0v) is 15.8. The Kier molecular flexibility index (Phi) is 4.86. The van der Waals surface area contributed by atoms with Crippen molar-refractivity contribution < 1.29 is 14.3 Å². The number of nitrogens with zero attached hydrogens (tertiary/aromatic N) is 3. The molecule has 0 saturated carbocycles. The Morgan fingerprint density at radius 2 is 1.93 bits per heavy atom. The minimum absolute atomic E-state index is 0.104. The first-order valence-corrected chi connectivity index (χ1v) is 9.36. The average molecular weight is 392 g/mol. The largest absolute Gasteiger partial charge is 0.465 e. The van der Waals surface area contributed by atoms with Crippen LogP contribution in [0.2, 0.25) is 0 Å². The van der Waals surface area contributed by atoms with Crippen LogP contribution in [0.25, 0.3) is 21.7 Å². The molecule has 0 bridgehead atoms. The normalized spacial score (nSPS) is 10.8. The third-order valence-corrected chi connectivity index (χ3v) is 4.97. The van der Waals surface area contributed by atoms with Crippen molar-refractivity contribution in [3.63, 3.8) is 0 Å². The molecule has 4 rings (SSSR count). The van der Waals surface area contributed by atoms with E-state index in [0.717, 1.165) is 15.9 Å². The Labute approximate surface area is 164 Å². The van der Waals surface area contributed by atoms with E-state index in [2.05, 4.69) is 20.0 Å². The molecular formula is C20H16N4O3S. The lowest BCUT2D eigenvalue weighted by Crippen LogP contribution is -2.19. The molecule has 0 atom stereocenters. The monoisotopic (exact) mass is 392 g/mol. The van der Waals surface area contributed by atoms with Gasteiger partial charge in [-0.2, -0.15) is 0 Å². The highest BCUT2D eigenvalue weighted by Crippen LogP contribution is 2.27. The van der Waals surface area contributed by atoms with Gasteiger partial charge in [0.25, 0.3) is 0 Å². The Hall–Kier alpha value is -3.52. The summed E-state index contributed by atoms with van der Waals surface area (Å²) in [6, 6.07) is 14.2. The molecule has 0 fully saturated rings. The maximum Gasteiger partial charge on any atom is 0.337 e. The summed E-state index contributed by atoms with van der Waals surface area (Å²) in [7, 11) is 1.33. The molecule has 1 amide bonds. The molecule has 0 unspecified atom stereocenters. The lowest BCUT2D eigenvalue weighted by atomic mass is 10.2. The predicted molar refractivity (Wildman–Crippen MR) is 107 cm³/mol. The number of rotatable bonds is 5. The molecular weight excluding hydrogens is 376 g/mol. The van der Waals surface area contributed by atoms with E-state index in [1.165, 1.54) is 18.4 Å². The predicted octanol–water partition coefficient (Wildman–Crippen LogP) is 3.59. The summed E-state index contributed by atoms with van der Waals surface area (Å²) < 4.78 is 6.55. The molecule has 140 valence electrons. The van der Waals surface area contributed by atoms with Gasteiger partial charge in [0.1, 0.15) is 6.54 Å². The SMILES string of the molecule is COC(=O)c1ccc(NC(=O)Cn2c(-c3cncs3)nc3ccccc32)cc1. The highest BCUT2D eigenvalue weighted by molar-refractivity contribution is 7.13. The van der Waals surface area contributed by atoms with Gasteiger partial charge in [0, 0.05) is 11.9 Å². The molecule has 0 aliphatic heterocycles. The summed E-state index contributed by atoms with van der Waals surface area (Å²) in [5.41, 5.74) is 4.46. The maximum absolute atomic E-state index is 12.7. The number of amides is 1. The number of esters is 1. The number of carbonyl (C=O) groups is 2. The second kappa shape index (κ2) is 7.61. The van der Waals surface area contributed by atoms with Crippen LogP contribution in [0.4, 0.5) is 5.69 Å². The van der Waals surface area contributed by atoms with Crippen LogP contribution in [-0.2, 0) is 16.1 Å². The number of thiazole rings is 1. The Balaban J connectivity index is 1.58. The standard InChI is InChI=1S/C20H16N4O3S/c1-27-20(26)13-6-8-14(9-7-13)22-18(25)11-24-16-5-3-2-4-15(16)23-19(24)17-10-21-12-28-17/h2-10,12H,11H2,1H3,(H,22,25). The zero-order chi connectivity index (χ0) is 19.5. The van der Waals surface area contributed by atoms with Gasteiger partial charge in [-0.15, -0.1) is 11.3 Å². The number of aromatic nitrogens is 3. The van der Waals surface area contributed by atoms with Crippen molar-refractivity contribution in [1.29, 1.82) is 0 Å². The summed E-state index contributed by atoms with van der Waals surface area (Å²) in [4.78, 5) is 33.8. The first kappa shape index (κ1) is 17.9. The number of carbonyl (C=O) groups excluding carboxylic acids is 2. The number of ether oxygens (including phenoxy) is 1. The van der Waals surface area contributed by atoms with Gasteiger partial charge in [0.05, 0.1) is 34.1 Å². The highest BCUT2D eigenvalue weighted by Gasteiger charge is 2.16. The van der Waals surface area contributed by atoms with Gasteiger partial charge in [-0.25, -0.2) is 9.78 Å². The van der Waals surface area contributed by atoms with Crippen LogP contribution in [-0.4, -0.2) is 33.5 Å². The van der Waals surface area contributed by atoms with E-state index in [1.54, 1.807) is 36.0 Å². The molecule has 28 heavy (non-hydrogen) atoms. The van der Waals surface area contributed by atoms with Crippen molar-refractivity contribution >= 4 is 39.9 Å². The minimum Gasteiger partial charge on any atom is -0.465 e. The van der Waals surface area contributed by atoms with E-state index in [-0.39, 0.29) is 12.5 Å². The summed E-state index contributed by atoms with van der Waals surface area (Å²) >= 11 is 1.47. The molecule has 0 aliphatic rings. The summed E-state index contributed by atoms with van der Waals surface area (Å²) in [5.74, 6) is 0.0941. The smallest absolute Gasteiger partial charge is 0.337 e. The van der Waals surface area contributed by atoms with Crippen LogP contribution in [0, 0.1) is 0 Å². The van der Waals surface area contributed by atoms with Crippen LogP contribution >= 0.6 is 11.3 Å². The quantitative estimate of drug-likeness (QED) is 0.525. The van der Waals surface area contributed by atoms with Gasteiger partial charge in [0.2, 0.25) is 5.91 Å². The molecule has 8 heteroatoms. The fraction of sp³-hybridized carbons (Fsp3) is 0.100. The summed E-state index contributed by atoms with van der Waals surface area (Å²) in [6.45, 7) is 0.104. The lowest BCUT2D eigenvalue weighted by Gasteiger charge is -2.09. The van der Waals surface area contributed by atoms with Gasteiger partial charge < -0.3 is 14.6 Å². The first-order valence-electron chi connectivity index (χ1n) is 8.48. The van der Waals surface area contributed by atoms with Crippen LogP contribution in [0.1, 0.15) is 10.4 Å². The van der Waals surface area contributed by atoms with Crippen molar-refractivity contribution in [2.24, 2.45) is 0 Å². The zero-order valence-electron chi connectivity index (χ0n) is 15.0. The molecule has 1 N–H and O–H groups in total. The fourth-order valence-corrected chi connectivity index (χ4v) is 3.52. The minimum atomic E-state index is -0.419. The van der Waals surface area contributed by atoms with Crippen LogP contribution in [0.15, 0.2) is 60.2 Å². The fourth-order valence-electron chi connectivity index (χ4n) is 2.90. The third-order valence-electron chi connectivity index (χ3n) is 4.20. The Morgan fingerprint density at radius 3 is 2.64 bits per heavy atom. The van der Waals surface area contributed by atoms with E-state index >= 15 is 0 Å². The average Bonchev–Trinajstić information content (AvgIpc) is 3.36. The molecule has 0 saturated heterocycles. The van der Waals surface area contributed by atoms with E-state index in [9.17, 15) is 9.59 Å². The number of para-hydroxylation sites is 2. The second-order valence-corrected chi connectivity index (χ2v) is 6.88. The van der Waals surface area contributed by atoms with Gasteiger partial charge in [-0.1, -0.05) is 12.1 Å². The van der Waals surface area contributed by atoms with Gasteiger partial charge in [-0.3, -0.25) is 9.78 Å². The van der Waals surface area contributed by atoms with Crippen LogP contribution in [0.5, 0.6) is 0 Å². The number of methoxy groups -OCH3 is 1. The number of imidazole rings is 1. The molecule has 0 aliphatic carbocycles. The number of fused-ring (bicyclic) bond motifs is 1. The number of hydrogen-bond acceptors (Lipinski definition) is 6. The van der Waals surface area contributed by atoms with Crippen molar-refractivity contribution in [2.75, 3.05) is 12.4 Å². The van der Waals surface area contributed by atoms with Gasteiger partial charge in [-0.05, 0) is 36.4 Å². The molecule has 2 heterocycles. The van der Waals surface area contributed by atoms with Crippen LogP contribution in [0.3, 0.4) is 0 Å². The highest BCUT2D eigenvalue weighted by atomic mass is 32.1. The van der Waals surface area contributed by atoms with Crippen molar-refractivity contribution in [1.82, 2.24) is 14.5 Å². The number of nitrogens with one attached hydrogen (secondary N) is 1. The molecule has 0 radical (unpaired) electrons. The number of benzene rings is 2.